The summed E-state index contributed by atoms with van der Waals surface area (Å²) in [7, 11) is 1.62. The second-order valence-corrected chi connectivity index (χ2v) is 6.70. The lowest BCUT2D eigenvalue weighted by atomic mass is 10.1. The number of rotatable bonds is 8. The Labute approximate surface area is 165 Å². The van der Waals surface area contributed by atoms with Crippen molar-refractivity contribution in [3.8, 4) is 5.75 Å². The van der Waals surface area contributed by atoms with E-state index in [4.69, 9.17) is 9.47 Å². The van der Waals surface area contributed by atoms with Crippen LogP contribution in [0.2, 0.25) is 0 Å². The van der Waals surface area contributed by atoms with Crippen LogP contribution in [0.3, 0.4) is 0 Å². The van der Waals surface area contributed by atoms with Gasteiger partial charge >= 0.3 is 0 Å². The summed E-state index contributed by atoms with van der Waals surface area (Å²) in [4.78, 5) is 26.6. The van der Waals surface area contributed by atoms with Gasteiger partial charge in [0.05, 0.1) is 26.9 Å². The fourth-order valence-electron chi connectivity index (χ4n) is 3.13. The molecule has 28 heavy (non-hydrogen) atoms. The second kappa shape index (κ2) is 9.90. The summed E-state index contributed by atoms with van der Waals surface area (Å²) >= 11 is 0. The first kappa shape index (κ1) is 19.9. The van der Waals surface area contributed by atoms with E-state index in [0.717, 1.165) is 43.3 Å². The highest BCUT2D eigenvalue weighted by Crippen LogP contribution is 2.17. The predicted molar refractivity (Wildman–Crippen MR) is 108 cm³/mol. The summed E-state index contributed by atoms with van der Waals surface area (Å²) in [5.41, 5.74) is 2.71. The van der Waals surface area contributed by atoms with Crippen molar-refractivity contribution in [2.24, 2.45) is 0 Å². The zero-order chi connectivity index (χ0) is 19.8. The van der Waals surface area contributed by atoms with Crippen LogP contribution in [0.1, 0.15) is 22.3 Å². The van der Waals surface area contributed by atoms with Gasteiger partial charge in [0.15, 0.2) is 5.78 Å². The molecule has 0 spiro atoms. The summed E-state index contributed by atoms with van der Waals surface area (Å²) in [6, 6.07) is 15.2. The van der Waals surface area contributed by atoms with Crippen LogP contribution in [-0.2, 0) is 16.0 Å². The maximum atomic E-state index is 12.3. The molecule has 1 amide bonds. The van der Waals surface area contributed by atoms with E-state index < -0.39 is 0 Å². The molecule has 3 rings (SSSR count). The van der Waals surface area contributed by atoms with Crippen molar-refractivity contribution in [2.45, 2.75) is 12.8 Å². The Balaban J connectivity index is 1.44. The number of ketones is 1. The number of amides is 1. The normalized spacial score (nSPS) is 13.8. The summed E-state index contributed by atoms with van der Waals surface area (Å²) in [5, 5.41) is 2.71. The van der Waals surface area contributed by atoms with Gasteiger partial charge in [-0.25, -0.2) is 0 Å². The molecule has 1 heterocycles. The van der Waals surface area contributed by atoms with Crippen molar-refractivity contribution < 1.29 is 19.1 Å². The van der Waals surface area contributed by atoms with Crippen LogP contribution in [0, 0.1) is 0 Å². The van der Waals surface area contributed by atoms with Crippen LogP contribution in [0.15, 0.2) is 48.5 Å². The Bertz CT molecular complexity index is 798. The van der Waals surface area contributed by atoms with Gasteiger partial charge in [-0.1, -0.05) is 12.1 Å². The fourth-order valence-corrected chi connectivity index (χ4v) is 3.13. The summed E-state index contributed by atoms with van der Waals surface area (Å²) in [6.45, 7) is 3.17. The molecule has 0 saturated carbocycles. The number of aryl methyl sites for hydroxylation is 1. The molecule has 1 fully saturated rings. The molecular weight excluding hydrogens is 356 g/mol. The molecule has 6 nitrogen and oxygen atoms in total. The smallest absolute Gasteiger partial charge is 0.220 e. The topological polar surface area (TPSA) is 67.9 Å². The maximum Gasteiger partial charge on any atom is 0.220 e. The predicted octanol–water partition coefficient (Wildman–Crippen LogP) is 2.46. The molecule has 0 unspecified atom stereocenters. The van der Waals surface area contributed by atoms with Gasteiger partial charge in [0.1, 0.15) is 5.75 Å². The van der Waals surface area contributed by atoms with Gasteiger partial charge in [0.2, 0.25) is 5.91 Å². The molecule has 0 aliphatic carbocycles. The number of morpholine rings is 1. The zero-order valence-electron chi connectivity index (χ0n) is 16.1. The number of methoxy groups -OCH3 is 1. The fraction of sp³-hybridized carbons (Fsp3) is 0.364. The molecule has 148 valence electrons. The van der Waals surface area contributed by atoms with Gasteiger partial charge in [-0.15, -0.1) is 0 Å². The molecular formula is C22H26N2O4. The Kier molecular flexibility index (Phi) is 7.03. The van der Waals surface area contributed by atoms with E-state index in [0.29, 0.717) is 18.4 Å². The minimum absolute atomic E-state index is 0.00778. The molecule has 0 bridgehead atoms. The number of hydrogen-bond donors (Lipinski definition) is 1. The quantitative estimate of drug-likeness (QED) is 0.711. The third-order valence-corrected chi connectivity index (χ3v) is 4.79. The third-order valence-electron chi connectivity index (χ3n) is 4.79. The lowest BCUT2D eigenvalue weighted by molar-refractivity contribution is -0.120. The number of ether oxygens (including phenoxy) is 2. The van der Waals surface area contributed by atoms with Crippen LogP contribution in [0.5, 0.6) is 5.75 Å². The van der Waals surface area contributed by atoms with Gasteiger partial charge < -0.3 is 19.7 Å². The third kappa shape index (κ3) is 5.57. The van der Waals surface area contributed by atoms with Crippen molar-refractivity contribution >= 4 is 17.4 Å². The average molecular weight is 382 g/mol. The monoisotopic (exact) mass is 382 g/mol. The minimum atomic E-state index is -0.138. The maximum absolute atomic E-state index is 12.3. The largest absolute Gasteiger partial charge is 0.497 e. The highest BCUT2D eigenvalue weighted by atomic mass is 16.5. The standard InChI is InChI=1S/C22H26N2O4/c1-27-20-4-2-3-17(15-20)5-10-22(26)23-16-21(25)18-6-8-19(9-7-18)24-11-13-28-14-12-24/h2-4,6-9,15H,5,10-14,16H2,1H3,(H,23,26). The van der Waals surface area contributed by atoms with E-state index in [1.807, 2.05) is 48.5 Å². The van der Waals surface area contributed by atoms with Crippen molar-refractivity contribution in [1.29, 1.82) is 0 Å². The Hall–Kier alpha value is -2.86. The van der Waals surface area contributed by atoms with Gasteiger partial charge in [-0.3, -0.25) is 9.59 Å². The van der Waals surface area contributed by atoms with Crippen molar-refractivity contribution in [3.63, 3.8) is 0 Å². The number of nitrogens with one attached hydrogen (secondary N) is 1. The van der Waals surface area contributed by atoms with Crippen LogP contribution < -0.4 is 15.0 Å². The van der Waals surface area contributed by atoms with E-state index in [1.165, 1.54) is 0 Å². The van der Waals surface area contributed by atoms with Gasteiger partial charge in [-0.2, -0.15) is 0 Å². The van der Waals surface area contributed by atoms with E-state index in [9.17, 15) is 9.59 Å². The molecule has 2 aromatic rings. The van der Waals surface area contributed by atoms with Crippen LogP contribution in [-0.4, -0.2) is 51.6 Å². The number of Topliss-reactive ketones (excluding diaryl/α,β-unsaturated/α-hetero) is 1. The number of carbonyl (C=O) groups is 2. The Morgan fingerprint density at radius 1 is 1.11 bits per heavy atom. The second-order valence-electron chi connectivity index (χ2n) is 6.70. The highest BCUT2D eigenvalue weighted by molar-refractivity contribution is 5.99. The number of nitrogens with zero attached hydrogens (tertiary/aromatic N) is 1. The Morgan fingerprint density at radius 2 is 1.86 bits per heavy atom. The number of carbonyl (C=O) groups excluding carboxylic acids is 2. The van der Waals surface area contributed by atoms with Gasteiger partial charge in [0, 0.05) is 30.8 Å². The van der Waals surface area contributed by atoms with E-state index in [-0.39, 0.29) is 18.2 Å². The molecule has 0 atom stereocenters. The molecule has 0 radical (unpaired) electrons. The molecule has 1 aliphatic rings. The van der Waals surface area contributed by atoms with Crippen LogP contribution in [0.4, 0.5) is 5.69 Å². The van der Waals surface area contributed by atoms with Crippen molar-refractivity contribution in [3.05, 3.63) is 59.7 Å². The van der Waals surface area contributed by atoms with Crippen LogP contribution >= 0.6 is 0 Å². The zero-order valence-corrected chi connectivity index (χ0v) is 16.1. The molecule has 1 N–H and O–H groups in total. The van der Waals surface area contributed by atoms with Gasteiger partial charge in [-0.05, 0) is 48.4 Å². The molecule has 0 aromatic heterocycles. The average Bonchev–Trinajstić information content (AvgIpc) is 2.77. The van der Waals surface area contributed by atoms with Gasteiger partial charge in [0.25, 0.3) is 0 Å². The molecule has 2 aromatic carbocycles. The SMILES string of the molecule is COc1cccc(CCC(=O)NCC(=O)c2ccc(N3CCOCC3)cc2)c1. The molecule has 6 heteroatoms. The van der Waals surface area contributed by atoms with Crippen LogP contribution in [0.25, 0.3) is 0 Å². The Morgan fingerprint density at radius 3 is 2.57 bits per heavy atom. The summed E-state index contributed by atoms with van der Waals surface area (Å²) in [5.74, 6) is 0.540. The lowest BCUT2D eigenvalue weighted by Crippen LogP contribution is -2.36. The van der Waals surface area contributed by atoms with E-state index in [1.54, 1.807) is 7.11 Å². The molecule has 1 aliphatic heterocycles. The number of hydrogen-bond acceptors (Lipinski definition) is 5. The highest BCUT2D eigenvalue weighted by Gasteiger charge is 2.13. The number of anilines is 1. The first-order valence-electron chi connectivity index (χ1n) is 9.51. The van der Waals surface area contributed by atoms with Crippen molar-refractivity contribution in [1.82, 2.24) is 5.32 Å². The lowest BCUT2D eigenvalue weighted by Gasteiger charge is -2.28. The summed E-state index contributed by atoms with van der Waals surface area (Å²) < 4.78 is 10.5. The van der Waals surface area contributed by atoms with Crippen molar-refractivity contribution in [2.75, 3.05) is 44.9 Å². The summed E-state index contributed by atoms with van der Waals surface area (Å²) in [6.07, 6.45) is 0.932. The first-order chi connectivity index (χ1) is 13.7. The van der Waals surface area contributed by atoms with E-state index >= 15 is 0 Å². The number of benzene rings is 2. The van der Waals surface area contributed by atoms with E-state index in [2.05, 4.69) is 10.2 Å². The minimum Gasteiger partial charge on any atom is -0.497 e. The molecule has 1 saturated heterocycles. The first-order valence-corrected chi connectivity index (χ1v) is 9.51.